The average molecular weight is 234 g/mol. The van der Waals surface area contributed by atoms with Crippen molar-refractivity contribution >= 4 is 5.97 Å². The van der Waals surface area contributed by atoms with Crippen LogP contribution in [0.3, 0.4) is 0 Å². The minimum absolute atomic E-state index is 0.201. The summed E-state index contributed by atoms with van der Waals surface area (Å²) < 4.78 is 3.23. The minimum Gasteiger partial charge on any atom is -0.478 e. The topological polar surface area (TPSA) is 72.9 Å². The zero-order valence-corrected chi connectivity index (χ0v) is 10.2. The highest BCUT2D eigenvalue weighted by atomic mass is 16.4. The maximum absolute atomic E-state index is 11.2. The Labute approximate surface area is 98.5 Å². The predicted octanol–water partition coefficient (Wildman–Crippen LogP) is 1.14. The molecule has 0 saturated heterocycles. The highest BCUT2D eigenvalue weighted by Gasteiger charge is 2.21. The number of rotatable bonds is 2. The van der Waals surface area contributed by atoms with Gasteiger partial charge in [0.1, 0.15) is 11.3 Å². The van der Waals surface area contributed by atoms with Crippen LogP contribution < -0.4 is 0 Å². The van der Waals surface area contributed by atoms with E-state index < -0.39 is 5.97 Å². The number of hydrogen-bond acceptors (Lipinski definition) is 3. The monoisotopic (exact) mass is 234 g/mol. The Hall–Kier alpha value is -2.11. The second-order valence-corrected chi connectivity index (χ2v) is 4.04. The molecule has 0 unspecified atom stereocenters. The molecule has 0 spiro atoms. The Morgan fingerprint density at radius 1 is 1.29 bits per heavy atom. The van der Waals surface area contributed by atoms with E-state index in [9.17, 15) is 4.79 Å². The summed E-state index contributed by atoms with van der Waals surface area (Å²) in [5.41, 5.74) is 3.16. The van der Waals surface area contributed by atoms with E-state index >= 15 is 0 Å². The number of aryl methyl sites for hydroxylation is 3. The van der Waals surface area contributed by atoms with E-state index in [-0.39, 0.29) is 5.56 Å². The third kappa shape index (κ3) is 1.71. The van der Waals surface area contributed by atoms with E-state index in [2.05, 4.69) is 10.2 Å². The molecule has 2 rings (SSSR count). The van der Waals surface area contributed by atoms with Crippen molar-refractivity contribution in [2.75, 3.05) is 0 Å². The van der Waals surface area contributed by atoms with E-state index in [0.29, 0.717) is 5.69 Å². The van der Waals surface area contributed by atoms with E-state index in [1.807, 2.05) is 20.9 Å². The quantitative estimate of drug-likeness (QED) is 0.845. The van der Waals surface area contributed by atoms with Crippen LogP contribution in [0.15, 0.2) is 6.20 Å². The highest BCUT2D eigenvalue weighted by Crippen LogP contribution is 2.28. The summed E-state index contributed by atoms with van der Waals surface area (Å²) >= 11 is 0. The molecule has 0 radical (unpaired) electrons. The molecular formula is C11H14N4O2. The molecule has 0 atom stereocenters. The zero-order valence-electron chi connectivity index (χ0n) is 10.2. The van der Waals surface area contributed by atoms with Gasteiger partial charge in [-0.15, -0.1) is 0 Å². The van der Waals surface area contributed by atoms with Crippen LogP contribution in [0.2, 0.25) is 0 Å². The van der Waals surface area contributed by atoms with Crippen molar-refractivity contribution in [3.63, 3.8) is 0 Å². The van der Waals surface area contributed by atoms with Crippen molar-refractivity contribution in [1.29, 1.82) is 0 Å². The maximum atomic E-state index is 11.2. The van der Waals surface area contributed by atoms with Crippen molar-refractivity contribution in [2.24, 2.45) is 14.1 Å². The van der Waals surface area contributed by atoms with Gasteiger partial charge in [0.15, 0.2) is 0 Å². The molecule has 0 fully saturated rings. The van der Waals surface area contributed by atoms with Crippen molar-refractivity contribution < 1.29 is 9.90 Å². The first-order valence-corrected chi connectivity index (χ1v) is 5.19. The number of nitrogens with zero attached hydrogens (tertiary/aromatic N) is 4. The molecule has 1 N–H and O–H groups in total. The fourth-order valence-corrected chi connectivity index (χ4v) is 1.95. The fraction of sp³-hybridized carbons (Fsp3) is 0.364. The standard InChI is InChI=1S/C11H14N4O2/c1-6-9(7(2)15(4)12-6)10-8(11(16)17)5-14(3)13-10/h5H,1-4H3,(H,16,17). The summed E-state index contributed by atoms with van der Waals surface area (Å²) in [6.07, 6.45) is 1.50. The first kappa shape index (κ1) is 11.4. The molecule has 90 valence electrons. The lowest BCUT2D eigenvalue weighted by Crippen LogP contribution is -1.98. The highest BCUT2D eigenvalue weighted by molar-refractivity contribution is 5.95. The number of carboxylic acid groups (broad SMARTS) is 1. The number of hydrogen-bond donors (Lipinski definition) is 1. The first-order chi connectivity index (χ1) is 7.91. The van der Waals surface area contributed by atoms with Gasteiger partial charge in [0.25, 0.3) is 0 Å². The third-order valence-electron chi connectivity index (χ3n) is 2.81. The summed E-state index contributed by atoms with van der Waals surface area (Å²) in [6, 6.07) is 0. The number of carboxylic acids is 1. The Kier molecular flexibility index (Phi) is 2.49. The van der Waals surface area contributed by atoms with Gasteiger partial charge in [0.05, 0.1) is 5.69 Å². The molecule has 0 bridgehead atoms. The summed E-state index contributed by atoms with van der Waals surface area (Å²) in [4.78, 5) is 11.2. The molecule has 6 heteroatoms. The molecule has 17 heavy (non-hydrogen) atoms. The normalized spacial score (nSPS) is 10.8. The van der Waals surface area contributed by atoms with Gasteiger partial charge >= 0.3 is 5.97 Å². The summed E-state index contributed by atoms with van der Waals surface area (Å²) in [7, 11) is 3.53. The molecule has 2 aromatic rings. The van der Waals surface area contributed by atoms with Crippen LogP contribution >= 0.6 is 0 Å². The van der Waals surface area contributed by atoms with Gasteiger partial charge in [-0.2, -0.15) is 10.2 Å². The molecule has 0 aliphatic carbocycles. The van der Waals surface area contributed by atoms with Crippen LogP contribution in [0.4, 0.5) is 0 Å². The van der Waals surface area contributed by atoms with Crippen LogP contribution in [0, 0.1) is 13.8 Å². The largest absolute Gasteiger partial charge is 0.478 e. The molecule has 2 heterocycles. The van der Waals surface area contributed by atoms with Gasteiger partial charge < -0.3 is 5.11 Å². The van der Waals surface area contributed by atoms with Crippen molar-refractivity contribution in [1.82, 2.24) is 19.6 Å². The molecule has 0 saturated carbocycles. The van der Waals surface area contributed by atoms with Crippen LogP contribution in [0.5, 0.6) is 0 Å². The second-order valence-electron chi connectivity index (χ2n) is 4.04. The molecule has 0 aliphatic rings. The summed E-state index contributed by atoms with van der Waals surface area (Å²) in [5, 5.41) is 17.6. The molecule has 0 aliphatic heterocycles. The Bertz CT molecular complexity index is 595. The number of aromatic carboxylic acids is 1. The summed E-state index contributed by atoms with van der Waals surface area (Å²) in [5.74, 6) is -0.976. The molecule has 6 nitrogen and oxygen atoms in total. The smallest absolute Gasteiger partial charge is 0.339 e. The Morgan fingerprint density at radius 3 is 2.41 bits per heavy atom. The van der Waals surface area contributed by atoms with E-state index in [4.69, 9.17) is 5.11 Å². The maximum Gasteiger partial charge on any atom is 0.339 e. The Morgan fingerprint density at radius 2 is 1.94 bits per heavy atom. The summed E-state index contributed by atoms with van der Waals surface area (Å²) in [6.45, 7) is 3.75. The lowest BCUT2D eigenvalue weighted by molar-refractivity contribution is 0.0697. The van der Waals surface area contributed by atoms with Gasteiger partial charge in [-0.25, -0.2) is 4.79 Å². The van der Waals surface area contributed by atoms with Crippen LogP contribution in [-0.4, -0.2) is 30.6 Å². The van der Waals surface area contributed by atoms with E-state index in [1.165, 1.54) is 10.9 Å². The lowest BCUT2D eigenvalue weighted by atomic mass is 10.1. The number of carbonyl (C=O) groups is 1. The van der Waals surface area contributed by atoms with Gasteiger partial charge in [-0.3, -0.25) is 9.36 Å². The number of aromatic nitrogens is 4. The van der Waals surface area contributed by atoms with Gasteiger partial charge in [-0.1, -0.05) is 0 Å². The van der Waals surface area contributed by atoms with Crippen molar-refractivity contribution in [3.05, 3.63) is 23.1 Å². The van der Waals surface area contributed by atoms with Crippen molar-refractivity contribution in [3.8, 4) is 11.3 Å². The van der Waals surface area contributed by atoms with E-state index in [1.54, 1.807) is 11.7 Å². The first-order valence-electron chi connectivity index (χ1n) is 5.19. The average Bonchev–Trinajstić information content (AvgIpc) is 2.70. The molecule has 0 aromatic carbocycles. The fourth-order valence-electron chi connectivity index (χ4n) is 1.95. The van der Waals surface area contributed by atoms with Gasteiger partial charge in [0.2, 0.25) is 0 Å². The van der Waals surface area contributed by atoms with E-state index in [0.717, 1.165) is 17.0 Å². The second kappa shape index (κ2) is 3.73. The lowest BCUT2D eigenvalue weighted by Gasteiger charge is -1.99. The minimum atomic E-state index is -0.976. The van der Waals surface area contributed by atoms with Crippen molar-refractivity contribution in [2.45, 2.75) is 13.8 Å². The SMILES string of the molecule is Cc1nn(C)c(C)c1-c1nn(C)cc1C(=O)O. The van der Waals surface area contributed by atoms with Gasteiger partial charge in [-0.05, 0) is 13.8 Å². The van der Waals surface area contributed by atoms with Crippen LogP contribution in [0.25, 0.3) is 11.3 Å². The van der Waals surface area contributed by atoms with Crippen LogP contribution in [0.1, 0.15) is 21.7 Å². The predicted molar refractivity (Wildman–Crippen MR) is 61.8 cm³/mol. The Balaban J connectivity index is 2.72. The molecule has 2 aromatic heterocycles. The zero-order chi connectivity index (χ0) is 12.7. The van der Waals surface area contributed by atoms with Crippen LogP contribution in [-0.2, 0) is 14.1 Å². The third-order valence-corrected chi connectivity index (χ3v) is 2.81. The van der Waals surface area contributed by atoms with Gasteiger partial charge in [0, 0.05) is 31.5 Å². The molecular weight excluding hydrogens is 220 g/mol. The molecule has 0 amide bonds.